The predicted octanol–water partition coefficient (Wildman–Crippen LogP) is 10.3. The lowest BCUT2D eigenvalue weighted by atomic mass is 9.85. The maximum atomic E-state index is 9.33. The summed E-state index contributed by atoms with van der Waals surface area (Å²) < 4.78 is 6.40. The lowest BCUT2D eigenvalue weighted by molar-refractivity contribution is 0.672. The van der Waals surface area contributed by atoms with Crippen LogP contribution >= 0.6 is 0 Å². The fraction of sp³-hybridized carbons (Fsp3) is 0. The zero-order chi connectivity index (χ0) is 25.9. The number of benzene rings is 7. The lowest BCUT2D eigenvalue weighted by Gasteiger charge is -2.17. The molecule has 39 heavy (non-hydrogen) atoms. The van der Waals surface area contributed by atoms with E-state index in [9.17, 15) is 5.26 Å². The molecule has 0 bridgehead atoms. The molecule has 0 saturated heterocycles. The second-order valence-electron chi connectivity index (χ2n) is 10.0. The van der Waals surface area contributed by atoms with Crippen LogP contribution in [0.1, 0.15) is 5.56 Å². The van der Waals surface area contributed by atoms with Gasteiger partial charge in [-0.15, -0.1) is 0 Å². The van der Waals surface area contributed by atoms with E-state index in [4.69, 9.17) is 4.42 Å². The topological polar surface area (TPSA) is 36.9 Å². The van der Waals surface area contributed by atoms with Crippen LogP contribution in [0.2, 0.25) is 0 Å². The maximum Gasteiger partial charge on any atom is 0.143 e. The number of nitrogens with zero attached hydrogens (tertiary/aromatic N) is 1. The molecule has 0 saturated carbocycles. The van der Waals surface area contributed by atoms with E-state index in [0.717, 1.165) is 38.5 Å². The van der Waals surface area contributed by atoms with Crippen molar-refractivity contribution in [3.8, 4) is 28.3 Å². The van der Waals surface area contributed by atoms with Crippen LogP contribution < -0.4 is 0 Å². The second-order valence-corrected chi connectivity index (χ2v) is 10.0. The van der Waals surface area contributed by atoms with Gasteiger partial charge in [0.05, 0.1) is 11.6 Å². The summed E-state index contributed by atoms with van der Waals surface area (Å²) in [5.41, 5.74) is 7.18. The van der Waals surface area contributed by atoms with Crippen molar-refractivity contribution in [2.45, 2.75) is 0 Å². The summed E-state index contributed by atoms with van der Waals surface area (Å²) in [4.78, 5) is 0. The molecule has 2 heteroatoms. The Hall–Kier alpha value is -5.39. The Kier molecular flexibility index (Phi) is 4.62. The Morgan fingerprint density at radius 2 is 1.03 bits per heavy atom. The Bertz CT molecular complexity index is 2220. The first-order valence-corrected chi connectivity index (χ1v) is 13.1. The van der Waals surface area contributed by atoms with Crippen molar-refractivity contribution < 1.29 is 4.42 Å². The van der Waals surface area contributed by atoms with Gasteiger partial charge in [-0.3, -0.25) is 0 Å². The highest BCUT2D eigenvalue weighted by Gasteiger charge is 2.18. The molecular formula is C37H21NO. The first-order valence-electron chi connectivity index (χ1n) is 13.1. The highest BCUT2D eigenvalue weighted by molar-refractivity contribution is 6.22. The smallest absolute Gasteiger partial charge is 0.143 e. The fourth-order valence-electron chi connectivity index (χ4n) is 6.12. The van der Waals surface area contributed by atoms with Crippen molar-refractivity contribution in [2.75, 3.05) is 0 Å². The van der Waals surface area contributed by atoms with Gasteiger partial charge in [0.2, 0.25) is 0 Å². The number of fused-ring (bicyclic) bond motifs is 7. The highest BCUT2D eigenvalue weighted by atomic mass is 16.3. The number of hydrogen-bond acceptors (Lipinski definition) is 2. The molecule has 0 aliphatic heterocycles. The van der Waals surface area contributed by atoms with Gasteiger partial charge in [0, 0.05) is 16.2 Å². The van der Waals surface area contributed by atoms with Gasteiger partial charge in [-0.2, -0.15) is 5.26 Å². The average molecular weight is 496 g/mol. The minimum atomic E-state index is 0.664. The van der Waals surface area contributed by atoms with E-state index < -0.39 is 0 Å². The van der Waals surface area contributed by atoms with Gasteiger partial charge in [0.25, 0.3) is 0 Å². The zero-order valence-electron chi connectivity index (χ0n) is 21.0. The van der Waals surface area contributed by atoms with Crippen molar-refractivity contribution in [2.24, 2.45) is 0 Å². The molecule has 8 aromatic rings. The Morgan fingerprint density at radius 3 is 1.67 bits per heavy atom. The van der Waals surface area contributed by atoms with Crippen LogP contribution in [0.15, 0.2) is 132 Å². The summed E-state index contributed by atoms with van der Waals surface area (Å²) >= 11 is 0. The van der Waals surface area contributed by atoms with Crippen LogP contribution in [0, 0.1) is 11.3 Å². The molecular weight excluding hydrogens is 474 g/mol. The van der Waals surface area contributed by atoms with E-state index in [1.165, 1.54) is 38.1 Å². The average Bonchev–Trinajstić information content (AvgIpc) is 3.38. The Balaban J connectivity index is 1.45. The van der Waals surface area contributed by atoms with Gasteiger partial charge in [0.15, 0.2) is 0 Å². The van der Waals surface area contributed by atoms with E-state index in [2.05, 4.69) is 121 Å². The van der Waals surface area contributed by atoms with Gasteiger partial charge in [0.1, 0.15) is 11.2 Å². The normalized spacial score (nSPS) is 11.6. The van der Waals surface area contributed by atoms with E-state index in [0.29, 0.717) is 5.56 Å². The van der Waals surface area contributed by atoms with Gasteiger partial charge < -0.3 is 4.42 Å². The van der Waals surface area contributed by atoms with E-state index in [1.54, 1.807) is 0 Å². The van der Waals surface area contributed by atoms with Crippen molar-refractivity contribution in [3.63, 3.8) is 0 Å². The molecule has 0 atom stereocenters. The van der Waals surface area contributed by atoms with Crippen LogP contribution in [0.5, 0.6) is 0 Å². The summed E-state index contributed by atoms with van der Waals surface area (Å²) in [5.74, 6) is 0. The van der Waals surface area contributed by atoms with Crippen LogP contribution in [0.25, 0.3) is 76.5 Å². The Labute approximate surface area is 225 Å². The molecule has 1 heterocycles. The van der Waals surface area contributed by atoms with Crippen LogP contribution in [-0.4, -0.2) is 0 Å². The van der Waals surface area contributed by atoms with Crippen LogP contribution in [-0.2, 0) is 0 Å². The first-order chi connectivity index (χ1) is 19.3. The molecule has 0 amide bonds. The van der Waals surface area contributed by atoms with Crippen LogP contribution in [0.3, 0.4) is 0 Å². The number of hydrogen-bond donors (Lipinski definition) is 0. The summed E-state index contributed by atoms with van der Waals surface area (Å²) in [6.07, 6.45) is 0. The zero-order valence-corrected chi connectivity index (χ0v) is 21.0. The van der Waals surface area contributed by atoms with E-state index in [1.807, 2.05) is 12.1 Å². The van der Waals surface area contributed by atoms with Gasteiger partial charge in [-0.25, -0.2) is 0 Å². The molecule has 0 N–H and O–H groups in total. The van der Waals surface area contributed by atoms with Gasteiger partial charge in [-0.1, -0.05) is 97.1 Å². The van der Waals surface area contributed by atoms with Crippen molar-refractivity contribution in [3.05, 3.63) is 133 Å². The molecule has 0 fully saturated rings. The SMILES string of the molecule is N#Cc1ccc(-c2c3ccccc3c(-c3ccc4oc5c6ccccc6ccc5c4c3)c3ccccc23)cc1. The Morgan fingerprint density at radius 1 is 0.462 bits per heavy atom. The molecule has 0 spiro atoms. The number of nitriles is 1. The van der Waals surface area contributed by atoms with Crippen molar-refractivity contribution in [1.29, 1.82) is 5.26 Å². The first kappa shape index (κ1) is 21.7. The van der Waals surface area contributed by atoms with Crippen LogP contribution in [0.4, 0.5) is 0 Å². The van der Waals surface area contributed by atoms with Gasteiger partial charge in [-0.05, 0) is 79.5 Å². The van der Waals surface area contributed by atoms with Gasteiger partial charge >= 0.3 is 0 Å². The highest BCUT2D eigenvalue weighted by Crippen LogP contribution is 2.45. The summed E-state index contributed by atoms with van der Waals surface area (Å²) in [7, 11) is 0. The van der Waals surface area contributed by atoms with Crippen molar-refractivity contribution >= 4 is 54.3 Å². The summed E-state index contributed by atoms with van der Waals surface area (Å²) in [6, 6.07) is 46.7. The molecule has 180 valence electrons. The molecule has 0 aliphatic carbocycles. The largest absolute Gasteiger partial charge is 0.455 e. The van der Waals surface area contributed by atoms with Crippen molar-refractivity contribution in [1.82, 2.24) is 0 Å². The molecule has 0 radical (unpaired) electrons. The summed E-state index contributed by atoms with van der Waals surface area (Å²) in [6.45, 7) is 0. The third-order valence-electron chi connectivity index (χ3n) is 7.88. The molecule has 7 aromatic carbocycles. The monoisotopic (exact) mass is 495 g/mol. The molecule has 8 rings (SSSR count). The molecule has 0 unspecified atom stereocenters. The minimum Gasteiger partial charge on any atom is -0.455 e. The second kappa shape index (κ2) is 8.31. The predicted molar refractivity (Wildman–Crippen MR) is 162 cm³/mol. The fourth-order valence-corrected chi connectivity index (χ4v) is 6.12. The standard InChI is InChI=1S/C37H21NO/c38-22-23-13-15-25(16-14-23)35-28-9-3-5-11-30(28)36(31-12-6-4-10-29(31)35)26-18-20-34-33(21-26)32-19-17-24-7-1-2-8-27(24)37(32)39-34/h1-21H. The quantitative estimate of drug-likeness (QED) is 0.224. The minimum absolute atomic E-state index is 0.664. The third kappa shape index (κ3) is 3.21. The maximum absolute atomic E-state index is 9.33. The lowest BCUT2D eigenvalue weighted by Crippen LogP contribution is -1.91. The van der Waals surface area contributed by atoms with E-state index >= 15 is 0 Å². The molecule has 2 nitrogen and oxygen atoms in total. The third-order valence-corrected chi connectivity index (χ3v) is 7.88. The molecule has 1 aromatic heterocycles. The number of furan rings is 1. The van der Waals surface area contributed by atoms with E-state index in [-0.39, 0.29) is 0 Å². The summed E-state index contributed by atoms with van der Waals surface area (Å²) in [5, 5.41) is 18.7. The molecule has 0 aliphatic rings. The number of rotatable bonds is 2.